The second kappa shape index (κ2) is 8.27. The molecule has 0 bridgehead atoms. The number of primary sulfonamides is 1. The lowest BCUT2D eigenvalue weighted by Crippen LogP contribution is -2.11. The molecule has 0 spiro atoms. The van der Waals surface area contributed by atoms with Crippen LogP contribution in [0.5, 0.6) is 0 Å². The summed E-state index contributed by atoms with van der Waals surface area (Å²) in [6.07, 6.45) is 1.41. The maximum Gasteiger partial charge on any atom is 0.252 e. The van der Waals surface area contributed by atoms with Crippen LogP contribution >= 0.6 is 0 Å². The predicted molar refractivity (Wildman–Crippen MR) is 113 cm³/mol. The molecule has 2 aromatic heterocycles. The van der Waals surface area contributed by atoms with Gasteiger partial charge in [-0.15, -0.1) is 0 Å². The number of hydrogen-bond donors (Lipinski definition) is 2. The number of nitriles is 1. The molecule has 0 atom stereocenters. The van der Waals surface area contributed by atoms with Crippen molar-refractivity contribution in [1.82, 2.24) is 4.98 Å². The summed E-state index contributed by atoms with van der Waals surface area (Å²) < 4.78 is 34.0. The van der Waals surface area contributed by atoms with Crippen molar-refractivity contribution >= 4 is 22.1 Å². The summed E-state index contributed by atoms with van der Waals surface area (Å²) >= 11 is 0. The summed E-state index contributed by atoms with van der Waals surface area (Å²) in [6, 6.07) is 20.5. The monoisotopic (exact) mass is 433 g/mol. The Bertz CT molecular complexity index is 1380. The number of oxazole rings is 1. The van der Waals surface area contributed by atoms with Crippen LogP contribution in [0.1, 0.15) is 11.5 Å². The highest BCUT2D eigenvalue weighted by Crippen LogP contribution is 2.25. The van der Waals surface area contributed by atoms with Gasteiger partial charge in [0.25, 0.3) is 5.88 Å². The van der Waals surface area contributed by atoms with Gasteiger partial charge in [-0.1, -0.05) is 18.2 Å². The van der Waals surface area contributed by atoms with Crippen LogP contribution in [0.15, 0.2) is 85.6 Å². The zero-order valence-corrected chi connectivity index (χ0v) is 16.7. The highest BCUT2D eigenvalue weighted by atomic mass is 32.2. The Balaban J connectivity index is 1.48. The standard InChI is InChI=1S/C21H15N5O4S/c22-12-18-21(30-20(25-18)15-4-2-1-3-5-15)26-24-13-16-8-11-19(29-16)14-6-9-17(10-7-14)31(23,27)28/h1-11,13,26H,(H2,23,27,28)/b24-13-. The normalized spacial score (nSPS) is 11.5. The fourth-order valence-corrected chi connectivity index (χ4v) is 3.23. The van der Waals surface area contributed by atoms with E-state index in [-0.39, 0.29) is 16.5 Å². The highest BCUT2D eigenvalue weighted by molar-refractivity contribution is 7.89. The molecule has 0 saturated heterocycles. The molecule has 31 heavy (non-hydrogen) atoms. The molecule has 0 aliphatic rings. The van der Waals surface area contributed by atoms with Crippen LogP contribution in [0, 0.1) is 11.3 Å². The summed E-state index contributed by atoms with van der Waals surface area (Å²) in [5.41, 5.74) is 4.14. The molecule has 4 aromatic rings. The van der Waals surface area contributed by atoms with E-state index in [9.17, 15) is 13.7 Å². The van der Waals surface area contributed by atoms with Crippen molar-refractivity contribution in [2.24, 2.45) is 10.2 Å². The molecule has 3 N–H and O–H groups in total. The van der Waals surface area contributed by atoms with Gasteiger partial charge in [0.1, 0.15) is 17.6 Å². The number of hydrazone groups is 1. The minimum absolute atomic E-state index is 0.0176. The third kappa shape index (κ3) is 4.53. The van der Waals surface area contributed by atoms with E-state index in [0.29, 0.717) is 23.0 Å². The molecule has 10 heteroatoms. The van der Waals surface area contributed by atoms with E-state index in [0.717, 1.165) is 5.56 Å². The molecule has 4 rings (SSSR count). The minimum atomic E-state index is -3.75. The van der Waals surface area contributed by atoms with Gasteiger partial charge >= 0.3 is 0 Å². The molecule has 0 radical (unpaired) electrons. The zero-order chi connectivity index (χ0) is 21.8. The summed E-state index contributed by atoms with van der Waals surface area (Å²) in [5, 5.41) is 18.4. The average molecular weight is 433 g/mol. The van der Waals surface area contributed by atoms with Crippen LogP contribution in [-0.2, 0) is 10.0 Å². The van der Waals surface area contributed by atoms with Gasteiger partial charge in [-0.25, -0.2) is 19.0 Å². The molecule has 2 aromatic carbocycles. The third-order valence-electron chi connectivity index (χ3n) is 4.21. The lowest BCUT2D eigenvalue weighted by molar-refractivity contribution is 0.574. The van der Waals surface area contributed by atoms with E-state index in [1.54, 1.807) is 24.3 Å². The topological polar surface area (TPSA) is 148 Å². The molecule has 0 amide bonds. The number of benzene rings is 2. The summed E-state index contributed by atoms with van der Waals surface area (Å²) in [7, 11) is -3.75. The van der Waals surface area contributed by atoms with Crippen LogP contribution in [0.4, 0.5) is 5.88 Å². The first-order chi connectivity index (χ1) is 14.9. The van der Waals surface area contributed by atoms with E-state index in [2.05, 4.69) is 15.5 Å². The Morgan fingerprint density at radius 3 is 2.42 bits per heavy atom. The van der Waals surface area contributed by atoms with Crippen LogP contribution < -0.4 is 10.6 Å². The first-order valence-electron chi connectivity index (χ1n) is 8.92. The fraction of sp³-hybridized carbons (Fsp3) is 0. The Hall–Kier alpha value is -4.20. The summed E-state index contributed by atoms with van der Waals surface area (Å²) in [5.74, 6) is 1.37. The fourth-order valence-electron chi connectivity index (χ4n) is 2.72. The smallest absolute Gasteiger partial charge is 0.252 e. The number of nitrogens with zero attached hydrogens (tertiary/aromatic N) is 3. The van der Waals surface area contributed by atoms with Gasteiger partial charge in [0.05, 0.1) is 11.1 Å². The maximum absolute atomic E-state index is 11.3. The van der Waals surface area contributed by atoms with Gasteiger partial charge in [-0.3, -0.25) is 0 Å². The molecule has 0 aliphatic heterocycles. The second-order valence-electron chi connectivity index (χ2n) is 6.32. The first kappa shape index (κ1) is 20.1. The molecule has 0 unspecified atom stereocenters. The number of rotatable bonds is 6. The van der Waals surface area contributed by atoms with E-state index < -0.39 is 10.0 Å². The third-order valence-corrected chi connectivity index (χ3v) is 5.14. The van der Waals surface area contributed by atoms with Crippen LogP contribution in [0.3, 0.4) is 0 Å². The second-order valence-corrected chi connectivity index (χ2v) is 7.88. The Morgan fingerprint density at radius 2 is 1.74 bits per heavy atom. The quantitative estimate of drug-likeness (QED) is 0.349. The molecule has 0 saturated carbocycles. The predicted octanol–water partition coefficient (Wildman–Crippen LogP) is 3.57. The van der Waals surface area contributed by atoms with Crippen LogP contribution in [0.25, 0.3) is 22.8 Å². The Labute approximate surface area is 177 Å². The van der Waals surface area contributed by atoms with Crippen LogP contribution in [-0.4, -0.2) is 19.6 Å². The van der Waals surface area contributed by atoms with Gasteiger partial charge in [-0.2, -0.15) is 15.3 Å². The number of furan rings is 1. The van der Waals surface area contributed by atoms with Crippen LogP contribution in [0.2, 0.25) is 0 Å². The van der Waals surface area contributed by atoms with Crippen molar-refractivity contribution in [3.8, 4) is 28.8 Å². The van der Waals surface area contributed by atoms with Crippen molar-refractivity contribution in [3.63, 3.8) is 0 Å². The SMILES string of the molecule is N#Cc1nc(-c2ccccc2)oc1N/N=C\c1ccc(-c2ccc(S(N)(=O)=O)cc2)o1. The van der Waals surface area contributed by atoms with Crippen molar-refractivity contribution in [2.75, 3.05) is 5.43 Å². The van der Waals surface area contributed by atoms with Crippen molar-refractivity contribution in [1.29, 1.82) is 5.26 Å². The largest absolute Gasteiger partial charge is 0.455 e. The van der Waals surface area contributed by atoms with Gasteiger partial charge < -0.3 is 8.83 Å². The van der Waals surface area contributed by atoms with Gasteiger partial charge in [0.2, 0.25) is 21.6 Å². The molecule has 0 fully saturated rings. The van der Waals surface area contributed by atoms with E-state index >= 15 is 0 Å². The highest BCUT2D eigenvalue weighted by Gasteiger charge is 2.14. The average Bonchev–Trinajstić information content (AvgIpc) is 3.41. The Morgan fingerprint density at radius 1 is 1.00 bits per heavy atom. The molecule has 9 nitrogen and oxygen atoms in total. The molecule has 0 aliphatic carbocycles. The molecule has 2 heterocycles. The summed E-state index contributed by atoms with van der Waals surface area (Å²) in [4.78, 5) is 4.17. The number of sulfonamides is 1. The van der Waals surface area contributed by atoms with E-state index in [4.69, 9.17) is 14.0 Å². The van der Waals surface area contributed by atoms with Gasteiger partial charge in [0.15, 0.2) is 0 Å². The van der Waals surface area contributed by atoms with E-state index in [1.165, 1.54) is 18.3 Å². The molecular weight excluding hydrogens is 418 g/mol. The van der Waals surface area contributed by atoms with Crippen molar-refractivity contribution < 1.29 is 17.3 Å². The van der Waals surface area contributed by atoms with Gasteiger partial charge in [-0.05, 0) is 48.5 Å². The van der Waals surface area contributed by atoms with E-state index in [1.807, 2.05) is 36.4 Å². The minimum Gasteiger partial charge on any atom is -0.455 e. The summed E-state index contributed by atoms with van der Waals surface area (Å²) in [6.45, 7) is 0. The zero-order valence-electron chi connectivity index (χ0n) is 15.9. The maximum atomic E-state index is 11.3. The number of nitrogens with two attached hydrogens (primary N) is 1. The Kier molecular flexibility index (Phi) is 5.36. The lowest BCUT2D eigenvalue weighted by Gasteiger charge is -2.00. The number of aromatic nitrogens is 1. The number of nitrogens with one attached hydrogen (secondary N) is 1. The van der Waals surface area contributed by atoms with Crippen molar-refractivity contribution in [2.45, 2.75) is 4.90 Å². The van der Waals surface area contributed by atoms with Gasteiger partial charge in [0, 0.05) is 11.1 Å². The molecular formula is C21H15N5O4S. The lowest BCUT2D eigenvalue weighted by atomic mass is 10.2. The van der Waals surface area contributed by atoms with Crippen molar-refractivity contribution in [3.05, 3.63) is 78.2 Å². The number of hydrogen-bond acceptors (Lipinski definition) is 8. The first-order valence-corrected chi connectivity index (χ1v) is 10.5. The number of anilines is 1. The molecule has 154 valence electrons.